The summed E-state index contributed by atoms with van der Waals surface area (Å²) in [6.07, 6.45) is -4.93. The summed E-state index contributed by atoms with van der Waals surface area (Å²) >= 11 is 5.95. The van der Waals surface area contributed by atoms with Gasteiger partial charge in [0.15, 0.2) is 5.60 Å². The van der Waals surface area contributed by atoms with Gasteiger partial charge < -0.3 is 16.2 Å². The van der Waals surface area contributed by atoms with E-state index in [1.165, 1.54) is 12.1 Å². The number of carbonyl (C=O) groups is 1. The molecule has 2 aromatic rings. The van der Waals surface area contributed by atoms with E-state index in [0.717, 1.165) is 30.3 Å². The second-order valence-electron chi connectivity index (χ2n) is 5.73. The first-order valence-electron chi connectivity index (χ1n) is 7.27. The maximum Gasteiger partial charge on any atom is 0.421 e. The first-order valence-corrected chi connectivity index (χ1v) is 9.13. The Labute approximate surface area is 157 Å². The van der Waals surface area contributed by atoms with Crippen LogP contribution in [-0.4, -0.2) is 25.7 Å². The molecule has 2 amide bonds. The molecule has 0 aliphatic carbocycles. The Balaban J connectivity index is 2.42. The molecule has 0 fully saturated rings. The van der Waals surface area contributed by atoms with Gasteiger partial charge in [-0.25, -0.2) is 13.2 Å². The Hall–Kier alpha value is -2.30. The van der Waals surface area contributed by atoms with Gasteiger partial charge in [-0.2, -0.15) is 13.2 Å². The number of alkyl halides is 3. The van der Waals surface area contributed by atoms with Gasteiger partial charge in [0, 0.05) is 5.69 Å². The van der Waals surface area contributed by atoms with E-state index in [-0.39, 0.29) is 20.5 Å². The van der Waals surface area contributed by atoms with Crippen LogP contribution in [0.25, 0.3) is 0 Å². The van der Waals surface area contributed by atoms with E-state index >= 15 is 0 Å². The molecule has 0 spiro atoms. The molecule has 11 heteroatoms. The smallest absolute Gasteiger partial charge is 0.376 e. The van der Waals surface area contributed by atoms with E-state index < -0.39 is 33.2 Å². The SMILES string of the molecule is CC(O)(c1ccc(S(=O)(=O)c2ccc(NC(N)=O)cc2Cl)cc1)C(F)(F)F. The molecule has 0 radical (unpaired) electrons. The van der Waals surface area contributed by atoms with Gasteiger partial charge in [0.25, 0.3) is 0 Å². The summed E-state index contributed by atoms with van der Waals surface area (Å²) < 4.78 is 64.0. The van der Waals surface area contributed by atoms with Gasteiger partial charge in [0.2, 0.25) is 9.84 Å². The van der Waals surface area contributed by atoms with Crippen molar-refractivity contribution in [3.8, 4) is 0 Å². The molecule has 4 N–H and O–H groups in total. The van der Waals surface area contributed by atoms with Crippen molar-refractivity contribution >= 4 is 33.2 Å². The number of amides is 2. The van der Waals surface area contributed by atoms with Crippen molar-refractivity contribution in [1.82, 2.24) is 0 Å². The molecule has 146 valence electrons. The van der Waals surface area contributed by atoms with Crippen LogP contribution < -0.4 is 11.1 Å². The van der Waals surface area contributed by atoms with Crippen LogP contribution in [0.3, 0.4) is 0 Å². The molecule has 0 aromatic heterocycles. The van der Waals surface area contributed by atoms with Gasteiger partial charge in [-0.1, -0.05) is 23.7 Å². The maximum atomic E-state index is 12.9. The van der Waals surface area contributed by atoms with Crippen LogP contribution >= 0.6 is 11.6 Å². The average molecular weight is 423 g/mol. The zero-order valence-corrected chi connectivity index (χ0v) is 15.3. The van der Waals surface area contributed by atoms with Crippen LogP contribution in [0.1, 0.15) is 12.5 Å². The fourth-order valence-corrected chi connectivity index (χ4v) is 3.98. The lowest BCUT2D eigenvalue weighted by atomic mass is 9.96. The highest BCUT2D eigenvalue weighted by molar-refractivity contribution is 7.91. The van der Waals surface area contributed by atoms with Crippen LogP contribution in [0, 0.1) is 0 Å². The zero-order chi connectivity index (χ0) is 20.6. The predicted octanol–water partition coefficient (Wildman–Crippen LogP) is 3.43. The monoisotopic (exact) mass is 422 g/mol. The van der Waals surface area contributed by atoms with Gasteiger partial charge in [-0.3, -0.25) is 0 Å². The second-order valence-corrected chi connectivity index (χ2v) is 8.06. The van der Waals surface area contributed by atoms with Crippen molar-refractivity contribution in [2.45, 2.75) is 28.5 Å². The molecule has 0 bridgehead atoms. The lowest BCUT2D eigenvalue weighted by Gasteiger charge is -2.26. The highest BCUT2D eigenvalue weighted by Gasteiger charge is 2.51. The molecule has 0 saturated heterocycles. The van der Waals surface area contributed by atoms with E-state index in [0.29, 0.717) is 6.92 Å². The first-order chi connectivity index (χ1) is 12.3. The molecule has 0 heterocycles. The van der Waals surface area contributed by atoms with Crippen LogP contribution in [0.5, 0.6) is 0 Å². The summed E-state index contributed by atoms with van der Waals surface area (Å²) in [7, 11) is -4.15. The molecule has 6 nitrogen and oxygen atoms in total. The van der Waals surface area contributed by atoms with Gasteiger partial charge in [0.05, 0.1) is 14.8 Å². The number of nitrogens with one attached hydrogen (secondary N) is 1. The molecule has 1 atom stereocenters. The molecule has 1 unspecified atom stereocenters. The van der Waals surface area contributed by atoms with E-state index in [4.69, 9.17) is 17.3 Å². The lowest BCUT2D eigenvalue weighted by molar-refractivity contribution is -0.258. The Kier molecular flexibility index (Phi) is 5.46. The number of hydrogen-bond donors (Lipinski definition) is 3. The lowest BCUT2D eigenvalue weighted by Crippen LogP contribution is -2.39. The van der Waals surface area contributed by atoms with Crippen LogP contribution in [-0.2, 0) is 15.4 Å². The third-order valence-corrected chi connectivity index (χ3v) is 6.02. The van der Waals surface area contributed by atoms with Crippen molar-refractivity contribution in [1.29, 1.82) is 0 Å². The molecule has 27 heavy (non-hydrogen) atoms. The number of halogens is 4. The van der Waals surface area contributed by atoms with Crippen molar-refractivity contribution in [3.05, 3.63) is 53.1 Å². The van der Waals surface area contributed by atoms with Crippen LogP contribution in [0.2, 0.25) is 5.02 Å². The molecule has 2 rings (SSSR count). The number of anilines is 1. The number of carbonyl (C=O) groups excluding carboxylic acids is 1. The molecule has 2 aromatic carbocycles. The zero-order valence-electron chi connectivity index (χ0n) is 13.7. The Bertz CT molecular complexity index is 974. The van der Waals surface area contributed by atoms with Gasteiger partial charge in [-0.15, -0.1) is 0 Å². The largest absolute Gasteiger partial charge is 0.421 e. The molecular weight excluding hydrogens is 409 g/mol. The highest BCUT2D eigenvalue weighted by atomic mass is 35.5. The summed E-state index contributed by atoms with van der Waals surface area (Å²) in [6.45, 7) is 0.567. The van der Waals surface area contributed by atoms with E-state index in [1.54, 1.807) is 0 Å². The third-order valence-electron chi connectivity index (χ3n) is 3.77. The number of benzene rings is 2. The number of rotatable bonds is 4. The minimum atomic E-state index is -4.93. The first kappa shape index (κ1) is 21.0. The fourth-order valence-electron chi connectivity index (χ4n) is 2.19. The highest BCUT2D eigenvalue weighted by Crippen LogP contribution is 2.39. The molecule has 0 aliphatic rings. The maximum absolute atomic E-state index is 12.9. The van der Waals surface area contributed by atoms with Gasteiger partial charge in [0.1, 0.15) is 0 Å². The van der Waals surface area contributed by atoms with Crippen molar-refractivity contribution in [2.24, 2.45) is 5.73 Å². The standard InChI is InChI=1S/C16H14ClF3N2O4S/c1-15(24,16(18,19)20)9-2-5-11(6-3-9)27(25,26)13-7-4-10(8-12(13)17)22-14(21)23/h2-8,24H,1H3,(H3,21,22,23). The van der Waals surface area contributed by atoms with Crippen molar-refractivity contribution in [2.75, 3.05) is 5.32 Å². The minimum Gasteiger partial charge on any atom is -0.376 e. The normalized spacial score (nSPS) is 14.4. The number of primary amides is 1. The summed E-state index contributed by atoms with van der Waals surface area (Å²) in [5.74, 6) is 0. The predicted molar refractivity (Wildman–Crippen MR) is 92.2 cm³/mol. The van der Waals surface area contributed by atoms with E-state index in [2.05, 4.69) is 5.32 Å². The van der Waals surface area contributed by atoms with Crippen LogP contribution in [0.15, 0.2) is 52.3 Å². The Morgan fingerprint density at radius 3 is 2.15 bits per heavy atom. The van der Waals surface area contributed by atoms with Gasteiger partial charge in [-0.05, 0) is 42.8 Å². The quantitative estimate of drug-likeness (QED) is 0.701. The average Bonchev–Trinajstić information content (AvgIpc) is 2.53. The van der Waals surface area contributed by atoms with Crippen molar-refractivity contribution in [3.63, 3.8) is 0 Å². The number of nitrogens with two attached hydrogens (primary N) is 1. The molecular formula is C16H14ClF3N2O4S. The number of sulfone groups is 1. The summed E-state index contributed by atoms with van der Waals surface area (Å²) in [5, 5.41) is 11.7. The summed E-state index contributed by atoms with van der Waals surface area (Å²) in [5.41, 5.74) is 1.48. The van der Waals surface area contributed by atoms with E-state index in [9.17, 15) is 31.5 Å². The number of urea groups is 1. The Morgan fingerprint density at radius 1 is 1.15 bits per heavy atom. The second kappa shape index (κ2) is 7.02. The minimum absolute atomic E-state index is 0.169. The number of aliphatic hydroxyl groups is 1. The fraction of sp³-hybridized carbons (Fsp3) is 0.188. The summed E-state index contributed by atoms with van der Waals surface area (Å²) in [6, 6.07) is 6.31. The van der Waals surface area contributed by atoms with Gasteiger partial charge >= 0.3 is 12.2 Å². The number of hydrogen-bond acceptors (Lipinski definition) is 4. The molecule has 0 saturated carbocycles. The topological polar surface area (TPSA) is 109 Å². The van der Waals surface area contributed by atoms with Crippen molar-refractivity contribution < 1.29 is 31.5 Å². The molecule has 0 aliphatic heterocycles. The third kappa shape index (κ3) is 4.18. The summed E-state index contributed by atoms with van der Waals surface area (Å²) in [4.78, 5) is 10.2. The van der Waals surface area contributed by atoms with E-state index in [1.807, 2.05) is 0 Å². The Morgan fingerprint density at radius 2 is 1.70 bits per heavy atom. The van der Waals surface area contributed by atoms with Crippen LogP contribution in [0.4, 0.5) is 23.7 Å².